The molecule has 0 aliphatic carbocycles. The Bertz CT molecular complexity index is 1640. The summed E-state index contributed by atoms with van der Waals surface area (Å²) in [6.07, 6.45) is 0.846. The molecule has 3 aromatic rings. The summed E-state index contributed by atoms with van der Waals surface area (Å²) in [6.45, 7) is 9.36. The summed E-state index contributed by atoms with van der Waals surface area (Å²) in [7, 11) is 0. The van der Waals surface area contributed by atoms with Crippen LogP contribution in [0.1, 0.15) is 46.6 Å². The van der Waals surface area contributed by atoms with Crippen molar-refractivity contribution in [1.82, 2.24) is 25.9 Å². The average Bonchev–Trinajstić information content (AvgIpc) is 3.02. The van der Waals surface area contributed by atoms with E-state index < -0.39 is 35.3 Å². The summed E-state index contributed by atoms with van der Waals surface area (Å²) in [5, 5.41) is 11.0. The van der Waals surface area contributed by atoms with Crippen molar-refractivity contribution >= 4 is 41.3 Å². The molecular weight excluding hydrogens is 658 g/mol. The maximum absolute atomic E-state index is 14.9. The van der Waals surface area contributed by atoms with Crippen molar-refractivity contribution < 1.29 is 37.4 Å². The number of carbonyl (C=O) groups excluding carboxylic acids is 3. The minimum Gasteiger partial charge on any atom is -0.493 e. The molecule has 12 nitrogen and oxygen atoms in total. The van der Waals surface area contributed by atoms with Crippen LogP contribution in [0.25, 0.3) is 11.1 Å². The van der Waals surface area contributed by atoms with Crippen molar-refractivity contribution in [3.63, 3.8) is 0 Å². The van der Waals surface area contributed by atoms with Gasteiger partial charge in [-0.1, -0.05) is 13.8 Å². The van der Waals surface area contributed by atoms with Crippen molar-refractivity contribution in [2.75, 3.05) is 37.4 Å². The summed E-state index contributed by atoms with van der Waals surface area (Å²) in [4.78, 5) is 45.9. The first-order valence-electron chi connectivity index (χ1n) is 15.9. The van der Waals surface area contributed by atoms with Crippen molar-refractivity contribution in [3.8, 4) is 22.8 Å². The third-order valence-corrected chi connectivity index (χ3v) is 7.92. The molecule has 0 fully saturated rings. The minimum absolute atomic E-state index is 0.201. The first-order valence-corrected chi connectivity index (χ1v) is 17.0. The number of aromatic nitrogens is 2. The monoisotopic (exact) mass is 700 g/mol. The van der Waals surface area contributed by atoms with E-state index in [2.05, 4.69) is 31.2 Å². The van der Waals surface area contributed by atoms with Gasteiger partial charge in [0.15, 0.2) is 0 Å². The molecule has 1 aliphatic rings. The van der Waals surface area contributed by atoms with E-state index in [1.54, 1.807) is 46.4 Å². The van der Waals surface area contributed by atoms with Gasteiger partial charge in [-0.3, -0.25) is 9.59 Å². The number of nitrogens with one attached hydrogen (secondary N) is 4. The molecule has 4 rings (SSSR count). The number of carbonyl (C=O) groups is 3. The molecule has 1 atom stereocenters. The first-order chi connectivity index (χ1) is 23.3. The molecule has 49 heavy (non-hydrogen) atoms. The van der Waals surface area contributed by atoms with Gasteiger partial charge in [0, 0.05) is 47.7 Å². The Labute approximate surface area is 288 Å². The van der Waals surface area contributed by atoms with E-state index in [1.165, 1.54) is 24.3 Å². The SMILES string of the molecule is CC(C)C(NC(=O)OC(C)(C)C)C(=O)NCC(=O)NCCSCc1cc2nc(c1)OCCCOc1cc(F)ccc1-c1cc(ncc1F)N2. The smallest absolute Gasteiger partial charge is 0.408 e. The summed E-state index contributed by atoms with van der Waals surface area (Å²) in [6, 6.07) is 8.23. The topological polar surface area (TPSA) is 153 Å². The molecule has 0 spiro atoms. The van der Waals surface area contributed by atoms with E-state index >= 15 is 0 Å². The standard InChI is InChI=1S/C34H42F2N6O6S/c1-20(2)31(42-33(45)48-34(3,4)5)32(44)39-18-29(43)37-9-12-49-19-21-13-28-40-27-16-24(25(36)17-38-27)23-8-7-22(35)15-26(23)46-10-6-11-47-30(14-21)41-28/h7-8,13-17,20,31H,6,9-12,18-19H2,1-5H3,(H,37,43)(H,39,44)(H,42,45)(H,38,40,41). The van der Waals surface area contributed by atoms with E-state index in [9.17, 15) is 23.2 Å². The Hall–Kier alpha value is -4.66. The summed E-state index contributed by atoms with van der Waals surface area (Å²) in [5.74, 6) is 0.346. The van der Waals surface area contributed by atoms with Crippen molar-refractivity contribution in [1.29, 1.82) is 0 Å². The Balaban J connectivity index is 1.30. The highest BCUT2D eigenvalue weighted by Gasteiger charge is 2.27. The lowest BCUT2D eigenvalue weighted by atomic mass is 10.0. The lowest BCUT2D eigenvalue weighted by molar-refractivity contribution is -0.127. The molecule has 0 saturated heterocycles. The fourth-order valence-electron chi connectivity index (χ4n) is 4.64. The van der Waals surface area contributed by atoms with Gasteiger partial charge in [0.05, 0.1) is 26.0 Å². The minimum atomic E-state index is -0.861. The highest BCUT2D eigenvalue weighted by molar-refractivity contribution is 7.98. The zero-order valence-electron chi connectivity index (χ0n) is 28.2. The van der Waals surface area contributed by atoms with Crippen LogP contribution in [-0.4, -0.2) is 71.6 Å². The van der Waals surface area contributed by atoms with Gasteiger partial charge in [-0.2, -0.15) is 16.7 Å². The van der Waals surface area contributed by atoms with E-state index in [0.717, 1.165) is 11.8 Å². The normalized spacial score (nSPS) is 13.4. The molecule has 1 aliphatic heterocycles. The van der Waals surface area contributed by atoms with Crippen molar-refractivity contribution in [3.05, 3.63) is 59.8 Å². The van der Waals surface area contributed by atoms with Crippen LogP contribution < -0.4 is 30.7 Å². The molecule has 0 saturated carbocycles. The number of ether oxygens (including phenoxy) is 3. The zero-order valence-corrected chi connectivity index (χ0v) is 29.0. The fraction of sp³-hybridized carbons (Fsp3) is 0.441. The lowest BCUT2D eigenvalue weighted by Gasteiger charge is -2.25. The predicted molar refractivity (Wildman–Crippen MR) is 183 cm³/mol. The van der Waals surface area contributed by atoms with Crippen LogP contribution >= 0.6 is 11.8 Å². The number of fused-ring (bicyclic) bond motifs is 6. The first kappa shape index (κ1) is 37.2. The Morgan fingerprint density at radius 2 is 1.80 bits per heavy atom. The van der Waals surface area contributed by atoms with Crippen molar-refractivity contribution in [2.24, 2.45) is 5.92 Å². The second-order valence-corrected chi connectivity index (χ2v) is 13.7. The van der Waals surface area contributed by atoms with Gasteiger partial charge in [0.2, 0.25) is 17.7 Å². The summed E-state index contributed by atoms with van der Waals surface area (Å²) >= 11 is 1.56. The van der Waals surface area contributed by atoms with Gasteiger partial charge in [-0.05, 0) is 56.5 Å². The summed E-state index contributed by atoms with van der Waals surface area (Å²) in [5.41, 5.74) is 0.773. The van der Waals surface area contributed by atoms with Gasteiger partial charge in [-0.15, -0.1) is 0 Å². The maximum atomic E-state index is 14.9. The zero-order chi connectivity index (χ0) is 35.6. The number of benzene rings is 1. The Kier molecular flexibility index (Phi) is 13.0. The number of hydrogen-bond acceptors (Lipinski definition) is 10. The van der Waals surface area contributed by atoms with E-state index in [0.29, 0.717) is 47.6 Å². The molecular formula is C34H42F2N6O6S. The van der Waals surface area contributed by atoms with Crippen LogP contribution in [0, 0.1) is 17.6 Å². The fourth-order valence-corrected chi connectivity index (χ4v) is 5.44. The van der Waals surface area contributed by atoms with Crippen LogP contribution in [0.15, 0.2) is 42.6 Å². The molecule has 15 heteroatoms. The van der Waals surface area contributed by atoms with Gasteiger partial charge in [0.25, 0.3) is 0 Å². The van der Waals surface area contributed by atoms with Crippen molar-refractivity contribution in [2.45, 2.75) is 58.4 Å². The maximum Gasteiger partial charge on any atom is 0.408 e. The van der Waals surface area contributed by atoms with Crippen LogP contribution in [0.4, 0.5) is 25.2 Å². The number of anilines is 2. The number of pyridine rings is 2. The quantitative estimate of drug-likeness (QED) is 0.204. The van der Waals surface area contributed by atoms with Gasteiger partial charge < -0.3 is 35.5 Å². The molecule has 1 unspecified atom stereocenters. The van der Waals surface area contributed by atoms with Gasteiger partial charge >= 0.3 is 6.09 Å². The molecule has 2 aromatic heterocycles. The molecule has 264 valence electrons. The highest BCUT2D eigenvalue weighted by atomic mass is 32.2. The predicted octanol–water partition coefficient (Wildman–Crippen LogP) is 5.34. The van der Waals surface area contributed by atoms with Crippen LogP contribution in [0.2, 0.25) is 0 Å². The second kappa shape index (κ2) is 17.1. The third kappa shape index (κ3) is 11.8. The number of halogens is 2. The Morgan fingerprint density at radius 1 is 1.02 bits per heavy atom. The number of hydrogen-bond donors (Lipinski definition) is 4. The molecule has 1 aromatic carbocycles. The molecule has 0 radical (unpaired) electrons. The molecule has 4 bridgehead atoms. The van der Waals surface area contributed by atoms with E-state index in [-0.39, 0.29) is 42.9 Å². The van der Waals surface area contributed by atoms with E-state index in [4.69, 9.17) is 14.2 Å². The second-order valence-electron chi connectivity index (χ2n) is 12.6. The lowest BCUT2D eigenvalue weighted by Crippen LogP contribution is -2.52. The number of alkyl carbamates (subject to hydrolysis) is 1. The Morgan fingerprint density at radius 3 is 2.55 bits per heavy atom. The van der Waals surface area contributed by atoms with Gasteiger partial charge in [-0.25, -0.2) is 18.6 Å². The van der Waals surface area contributed by atoms with E-state index in [1.807, 2.05) is 12.1 Å². The van der Waals surface area contributed by atoms with Gasteiger partial charge in [0.1, 0.15) is 40.7 Å². The average molecular weight is 701 g/mol. The van der Waals surface area contributed by atoms with Crippen LogP contribution in [0.5, 0.6) is 11.6 Å². The van der Waals surface area contributed by atoms with Crippen LogP contribution in [0.3, 0.4) is 0 Å². The highest BCUT2D eigenvalue weighted by Crippen LogP contribution is 2.34. The molecule has 3 heterocycles. The number of nitrogens with zero attached hydrogens (tertiary/aromatic N) is 2. The van der Waals surface area contributed by atoms with Crippen LogP contribution in [-0.2, 0) is 20.1 Å². The summed E-state index contributed by atoms with van der Waals surface area (Å²) < 4.78 is 45.8. The number of thioether (sulfide) groups is 1. The largest absolute Gasteiger partial charge is 0.493 e. The number of rotatable bonds is 10. The molecule has 3 amide bonds. The number of amides is 3. The third-order valence-electron chi connectivity index (χ3n) is 6.88. The molecule has 4 N–H and O–H groups in total.